The number of aromatic nitrogens is 1. The van der Waals surface area contributed by atoms with Crippen molar-refractivity contribution in [1.82, 2.24) is 15.0 Å². The van der Waals surface area contributed by atoms with E-state index < -0.39 is 21.2 Å². The molecule has 0 spiro atoms. The number of thioether (sulfide) groups is 1. The molecule has 1 aromatic carbocycles. The predicted octanol–water partition coefficient (Wildman–Crippen LogP) is 2.74. The van der Waals surface area contributed by atoms with Gasteiger partial charge in [-0.15, -0.1) is 0 Å². The van der Waals surface area contributed by atoms with E-state index in [1.807, 2.05) is 0 Å². The van der Waals surface area contributed by atoms with Crippen molar-refractivity contribution >= 4 is 61.6 Å². The fourth-order valence-corrected chi connectivity index (χ4v) is 5.00. The molecule has 4 rings (SSSR count). The van der Waals surface area contributed by atoms with E-state index in [0.29, 0.717) is 27.9 Å². The highest BCUT2D eigenvalue weighted by molar-refractivity contribution is 8.18. The lowest BCUT2D eigenvalue weighted by Crippen LogP contribution is -2.26. The van der Waals surface area contributed by atoms with Gasteiger partial charge in [0.25, 0.3) is 11.1 Å². The summed E-state index contributed by atoms with van der Waals surface area (Å²) in [5.41, 5.74) is 1.46. The van der Waals surface area contributed by atoms with Crippen LogP contribution in [0.2, 0.25) is 5.02 Å². The number of rotatable bonds is 6. The Morgan fingerprint density at radius 2 is 2.03 bits per heavy atom. The van der Waals surface area contributed by atoms with E-state index in [0.717, 1.165) is 11.8 Å². The number of hydrogen-bond acceptors (Lipinski definition) is 8. The minimum atomic E-state index is -3.81. The highest BCUT2D eigenvalue weighted by atomic mass is 35.5. The lowest BCUT2D eigenvalue weighted by Gasteiger charge is -2.09. The van der Waals surface area contributed by atoms with Crippen LogP contribution in [0.5, 0.6) is 0 Å². The second-order valence-corrected chi connectivity index (χ2v) is 9.56. The quantitative estimate of drug-likeness (QED) is 0.459. The van der Waals surface area contributed by atoms with Gasteiger partial charge in [-0.2, -0.15) is 0 Å². The van der Waals surface area contributed by atoms with E-state index in [1.165, 1.54) is 30.5 Å². The second kappa shape index (κ2) is 8.44. The number of imide groups is 1. The van der Waals surface area contributed by atoms with Gasteiger partial charge in [0.15, 0.2) is 0 Å². The Kier molecular flexibility index (Phi) is 5.86. The number of amides is 2. The standard InChI is InChI=1S/C19H14ClN3O6S2/c20-15-7-12(31(27,28)22-3-4-24)1-2-13(15)14-9-21-8-10-5-11(29-17(10)14)6-16-18(25)23-19(26)30-16/h1-2,5-9,22,24H,3-4H2,(H,23,25,26)/b16-6+. The van der Waals surface area contributed by atoms with E-state index in [1.54, 1.807) is 12.3 Å². The van der Waals surface area contributed by atoms with Crippen LogP contribution < -0.4 is 10.0 Å². The van der Waals surface area contributed by atoms with Crippen molar-refractivity contribution in [2.45, 2.75) is 4.90 Å². The number of furan rings is 1. The third-order valence-corrected chi connectivity index (χ3v) is 6.88. The Labute approximate surface area is 185 Å². The van der Waals surface area contributed by atoms with Gasteiger partial charge in [0, 0.05) is 46.6 Å². The highest BCUT2D eigenvalue weighted by Gasteiger charge is 2.26. The Hall–Kier alpha value is -2.70. The summed E-state index contributed by atoms with van der Waals surface area (Å²) in [6.07, 6.45) is 4.56. The molecule has 9 nitrogen and oxygen atoms in total. The molecule has 2 aromatic heterocycles. The summed E-state index contributed by atoms with van der Waals surface area (Å²) < 4.78 is 32.6. The van der Waals surface area contributed by atoms with Crippen LogP contribution in [0.1, 0.15) is 5.76 Å². The molecule has 12 heteroatoms. The maximum atomic E-state index is 12.2. The summed E-state index contributed by atoms with van der Waals surface area (Å²) in [5, 5.41) is 11.3. The summed E-state index contributed by atoms with van der Waals surface area (Å²) >= 11 is 7.14. The van der Waals surface area contributed by atoms with Crippen molar-refractivity contribution in [2.24, 2.45) is 0 Å². The largest absolute Gasteiger partial charge is 0.456 e. The van der Waals surface area contributed by atoms with Crippen LogP contribution in [0, 0.1) is 0 Å². The maximum absolute atomic E-state index is 12.2. The molecular weight excluding hydrogens is 466 g/mol. The molecule has 160 valence electrons. The third kappa shape index (κ3) is 4.36. The number of hydrogen-bond donors (Lipinski definition) is 3. The Balaban J connectivity index is 1.73. The first-order valence-electron chi connectivity index (χ1n) is 8.81. The van der Waals surface area contributed by atoms with Crippen molar-refractivity contribution < 1.29 is 27.5 Å². The molecule has 0 radical (unpaired) electrons. The number of nitrogens with zero attached hydrogens (tertiary/aromatic N) is 1. The molecule has 0 saturated carbocycles. The normalized spacial score (nSPS) is 15.7. The molecule has 0 atom stereocenters. The van der Waals surface area contributed by atoms with Gasteiger partial charge in [-0.3, -0.25) is 19.9 Å². The lowest BCUT2D eigenvalue weighted by molar-refractivity contribution is -0.115. The number of carbonyl (C=O) groups excluding carboxylic acids is 2. The summed E-state index contributed by atoms with van der Waals surface area (Å²) in [6.45, 7) is -0.443. The fourth-order valence-electron chi connectivity index (χ4n) is 2.94. The van der Waals surface area contributed by atoms with E-state index in [2.05, 4.69) is 15.0 Å². The van der Waals surface area contributed by atoms with Crippen molar-refractivity contribution in [1.29, 1.82) is 0 Å². The number of pyridine rings is 1. The van der Waals surface area contributed by atoms with Gasteiger partial charge in [0.05, 0.1) is 16.4 Å². The smallest absolute Gasteiger partial charge is 0.290 e. The summed E-state index contributed by atoms with van der Waals surface area (Å²) in [7, 11) is -3.81. The summed E-state index contributed by atoms with van der Waals surface area (Å²) in [5.74, 6) is -0.149. The number of fused-ring (bicyclic) bond motifs is 1. The van der Waals surface area contributed by atoms with E-state index in [9.17, 15) is 18.0 Å². The van der Waals surface area contributed by atoms with Crippen molar-refractivity contribution in [2.75, 3.05) is 13.2 Å². The molecule has 2 amide bonds. The van der Waals surface area contributed by atoms with Crippen LogP contribution in [-0.4, -0.2) is 42.8 Å². The summed E-state index contributed by atoms with van der Waals surface area (Å²) in [6, 6.07) is 5.88. The molecule has 3 N–H and O–H groups in total. The minimum absolute atomic E-state index is 0.0476. The fraction of sp³-hybridized carbons (Fsp3) is 0.105. The topological polar surface area (TPSA) is 139 Å². The maximum Gasteiger partial charge on any atom is 0.290 e. The zero-order valence-corrected chi connectivity index (χ0v) is 18.0. The first kappa shape index (κ1) is 21.5. The van der Waals surface area contributed by atoms with Gasteiger partial charge in [0.2, 0.25) is 10.0 Å². The number of aliphatic hydroxyl groups excluding tert-OH is 1. The molecule has 1 aliphatic rings. The zero-order valence-electron chi connectivity index (χ0n) is 15.6. The van der Waals surface area contributed by atoms with Gasteiger partial charge in [-0.05, 0) is 30.0 Å². The van der Waals surface area contributed by atoms with Crippen molar-refractivity contribution in [3.63, 3.8) is 0 Å². The minimum Gasteiger partial charge on any atom is -0.456 e. The molecule has 0 aliphatic carbocycles. The monoisotopic (exact) mass is 479 g/mol. The average molecular weight is 480 g/mol. The van der Waals surface area contributed by atoms with Crippen LogP contribution in [0.25, 0.3) is 28.2 Å². The van der Waals surface area contributed by atoms with Gasteiger partial charge in [-0.25, -0.2) is 13.1 Å². The second-order valence-electron chi connectivity index (χ2n) is 6.37. The van der Waals surface area contributed by atoms with E-state index in [4.69, 9.17) is 21.1 Å². The number of halogens is 1. The Morgan fingerprint density at radius 3 is 2.71 bits per heavy atom. The molecule has 1 saturated heterocycles. The molecule has 31 heavy (non-hydrogen) atoms. The molecule has 3 heterocycles. The number of aliphatic hydroxyl groups is 1. The van der Waals surface area contributed by atoms with E-state index >= 15 is 0 Å². The average Bonchev–Trinajstić information content (AvgIpc) is 3.28. The van der Waals surface area contributed by atoms with Crippen LogP contribution in [-0.2, 0) is 14.8 Å². The first-order chi connectivity index (χ1) is 14.8. The molecular formula is C19H14ClN3O6S2. The molecule has 1 fully saturated rings. The lowest BCUT2D eigenvalue weighted by atomic mass is 10.1. The van der Waals surface area contributed by atoms with Crippen LogP contribution in [0.15, 0.2) is 50.9 Å². The van der Waals surface area contributed by atoms with Crippen LogP contribution in [0.4, 0.5) is 4.79 Å². The highest BCUT2D eigenvalue weighted by Crippen LogP contribution is 2.36. The van der Waals surface area contributed by atoms with Gasteiger partial charge in [0.1, 0.15) is 11.3 Å². The Morgan fingerprint density at radius 1 is 1.23 bits per heavy atom. The summed E-state index contributed by atoms with van der Waals surface area (Å²) in [4.78, 5) is 27.4. The number of nitrogens with one attached hydrogen (secondary N) is 2. The molecule has 0 unspecified atom stereocenters. The number of carbonyl (C=O) groups is 2. The molecule has 0 bridgehead atoms. The van der Waals surface area contributed by atoms with E-state index in [-0.39, 0.29) is 28.0 Å². The molecule has 3 aromatic rings. The SMILES string of the molecule is O=C1NC(=O)/C(=C\c2cc3cncc(-c4ccc(S(=O)(=O)NCCO)cc4Cl)c3o2)S1. The van der Waals surface area contributed by atoms with Gasteiger partial charge >= 0.3 is 0 Å². The molecule has 1 aliphatic heterocycles. The third-order valence-electron chi connectivity index (χ3n) is 4.30. The number of benzene rings is 1. The van der Waals surface area contributed by atoms with Gasteiger partial charge in [-0.1, -0.05) is 17.7 Å². The Bertz CT molecular complexity index is 1350. The van der Waals surface area contributed by atoms with Crippen LogP contribution in [0.3, 0.4) is 0 Å². The van der Waals surface area contributed by atoms with Crippen molar-refractivity contribution in [3.8, 4) is 11.1 Å². The zero-order chi connectivity index (χ0) is 22.2. The predicted molar refractivity (Wildman–Crippen MR) is 116 cm³/mol. The first-order valence-corrected chi connectivity index (χ1v) is 11.5. The van der Waals surface area contributed by atoms with Crippen molar-refractivity contribution in [3.05, 3.63) is 52.3 Å². The van der Waals surface area contributed by atoms with Gasteiger partial charge < -0.3 is 9.52 Å². The number of sulfonamides is 1. The van der Waals surface area contributed by atoms with Crippen LogP contribution >= 0.6 is 23.4 Å².